The molecule has 0 spiro atoms. The quantitative estimate of drug-likeness (QED) is 0.528. The van der Waals surface area contributed by atoms with Gasteiger partial charge in [-0.1, -0.05) is 30.3 Å². The van der Waals surface area contributed by atoms with Crippen LogP contribution in [0.5, 0.6) is 0 Å². The molecule has 1 N–H and O–H groups in total. The van der Waals surface area contributed by atoms with E-state index in [1.165, 1.54) is 18.7 Å². The number of hydrogen-bond acceptors (Lipinski definition) is 5. The number of anilines is 2. The first-order valence-electron chi connectivity index (χ1n) is 10.6. The lowest BCUT2D eigenvalue weighted by molar-refractivity contribution is -0.126. The Morgan fingerprint density at radius 3 is 2.23 bits per heavy atom. The molecule has 6 nitrogen and oxygen atoms in total. The third-order valence-electron chi connectivity index (χ3n) is 5.80. The molecule has 1 aromatic heterocycles. The highest BCUT2D eigenvalue weighted by Crippen LogP contribution is 2.49. The maximum atomic E-state index is 12.8. The Balaban J connectivity index is 1.35. The fraction of sp³-hybridized carbons (Fsp3) is 0.280. The van der Waals surface area contributed by atoms with E-state index in [0.29, 0.717) is 12.1 Å². The lowest BCUT2D eigenvalue weighted by Gasteiger charge is -2.23. The van der Waals surface area contributed by atoms with E-state index >= 15 is 0 Å². The molecule has 158 valence electrons. The Morgan fingerprint density at radius 1 is 0.968 bits per heavy atom. The second kappa shape index (κ2) is 9.08. The molecular formula is C25H26N4O2. The number of carbonyl (C=O) groups excluding carboxylic acids is 2. The lowest BCUT2D eigenvalue weighted by atomic mass is 9.95. The maximum absolute atomic E-state index is 12.8. The van der Waals surface area contributed by atoms with Crippen LogP contribution in [-0.2, 0) is 11.3 Å². The minimum absolute atomic E-state index is 0.0544. The average molecular weight is 415 g/mol. The normalized spacial score (nSPS) is 14.0. The molecule has 2 aromatic carbocycles. The zero-order chi connectivity index (χ0) is 21.7. The molecule has 1 aliphatic carbocycles. The van der Waals surface area contributed by atoms with Gasteiger partial charge in [0.05, 0.1) is 11.0 Å². The number of para-hydroxylation sites is 1. The van der Waals surface area contributed by atoms with Crippen LogP contribution < -0.4 is 10.2 Å². The van der Waals surface area contributed by atoms with E-state index < -0.39 is 5.41 Å². The van der Waals surface area contributed by atoms with Crippen molar-refractivity contribution in [3.05, 3.63) is 84.4 Å². The average Bonchev–Trinajstić information content (AvgIpc) is 3.61. The van der Waals surface area contributed by atoms with Crippen LogP contribution in [0.1, 0.15) is 42.1 Å². The topological polar surface area (TPSA) is 75.2 Å². The summed E-state index contributed by atoms with van der Waals surface area (Å²) in [5, 5.41) is 3.02. The predicted octanol–water partition coefficient (Wildman–Crippen LogP) is 4.30. The third-order valence-corrected chi connectivity index (χ3v) is 5.80. The number of Topliss-reactive ketones (excluding diaryl/α,β-unsaturated/α-hetero) is 1. The molecule has 6 heteroatoms. The number of nitrogens with one attached hydrogen (secondary N) is 1. The first-order chi connectivity index (χ1) is 15.1. The molecule has 31 heavy (non-hydrogen) atoms. The minimum atomic E-state index is -0.584. The summed E-state index contributed by atoms with van der Waals surface area (Å²) < 4.78 is 0. The summed E-state index contributed by atoms with van der Waals surface area (Å²) >= 11 is 0. The van der Waals surface area contributed by atoms with Gasteiger partial charge in [0.25, 0.3) is 0 Å². The first-order valence-corrected chi connectivity index (χ1v) is 10.6. The van der Waals surface area contributed by atoms with Crippen molar-refractivity contribution in [3.63, 3.8) is 0 Å². The molecule has 1 amide bonds. The second-order valence-corrected chi connectivity index (χ2v) is 7.94. The molecule has 0 radical (unpaired) electrons. The van der Waals surface area contributed by atoms with Gasteiger partial charge in [0.15, 0.2) is 5.78 Å². The van der Waals surface area contributed by atoms with Gasteiger partial charge in [0, 0.05) is 43.3 Å². The number of benzene rings is 2. The fourth-order valence-corrected chi connectivity index (χ4v) is 3.77. The van der Waals surface area contributed by atoms with Crippen LogP contribution in [0.2, 0.25) is 0 Å². The third kappa shape index (κ3) is 4.79. The number of hydrogen-bond donors (Lipinski definition) is 1. The van der Waals surface area contributed by atoms with Gasteiger partial charge in [-0.3, -0.25) is 9.59 Å². The zero-order valence-corrected chi connectivity index (χ0v) is 17.6. The van der Waals surface area contributed by atoms with E-state index in [9.17, 15) is 9.59 Å². The molecule has 1 fully saturated rings. The van der Waals surface area contributed by atoms with Crippen molar-refractivity contribution in [2.24, 2.45) is 5.41 Å². The minimum Gasteiger partial charge on any atom is -0.352 e. The van der Waals surface area contributed by atoms with Crippen molar-refractivity contribution in [1.82, 2.24) is 15.3 Å². The summed E-state index contributed by atoms with van der Waals surface area (Å²) in [7, 11) is 0. The summed E-state index contributed by atoms with van der Waals surface area (Å²) in [6, 6.07) is 18.5. The molecule has 0 atom stereocenters. The van der Waals surface area contributed by atoms with Crippen LogP contribution in [0.4, 0.5) is 11.4 Å². The van der Waals surface area contributed by atoms with Crippen LogP contribution in [0.25, 0.3) is 0 Å². The smallest absolute Gasteiger partial charge is 0.226 e. The number of ketones is 1. The van der Waals surface area contributed by atoms with E-state index in [1.807, 2.05) is 30.3 Å². The van der Waals surface area contributed by atoms with Gasteiger partial charge >= 0.3 is 0 Å². The largest absolute Gasteiger partial charge is 0.352 e. The van der Waals surface area contributed by atoms with E-state index in [1.54, 1.807) is 0 Å². The second-order valence-electron chi connectivity index (χ2n) is 7.94. The molecule has 0 aliphatic heterocycles. The van der Waals surface area contributed by atoms with Crippen molar-refractivity contribution < 1.29 is 9.59 Å². The van der Waals surface area contributed by atoms with Gasteiger partial charge in [-0.25, -0.2) is 9.97 Å². The molecule has 3 aromatic rings. The number of amides is 1. The summed E-state index contributed by atoms with van der Waals surface area (Å²) in [4.78, 5) is 35.2. The van der Waals surface area contributed by atoms with Gasteiger partial charge < -0.3 is 10.2 Å². The van der Waals surface area contributed by atoms with E-state index in [-0.39, 0.29) is 18.1 Å². The maximum Gasteiger partial charge on any atom is 0.226 e. The Bertz CT molecular complexity index is 1030. The molecule has 4 rings (SSSR count). The lowest BCUT2D eigenvalue weighted by Crippen LogP contribution is -2.33. The van der Waals surface area contributed by atoms with Gasteiger partial charge in [-0.05, 0) is 49.6 Å². The highest BCUT2D eigenvalue weighted by molar-refractivity contribution is 6.00. The Hall–Kier alpha value is -3.54. The molecular weight excluding hydrogens is 388 g/mol. The fourth-order valence-electron chi connectivity index (χ4n) is 3.77. The highest BCUT2D eigenvalue weighted by Gasteiger charge is 2.50. The standard InChI is InChI=1S/C25H26N4O2/c1-2-29(21-6-4-3-5-7-21)22-10-8-19(9-11-22)15-28-24(31)25(12-13-25)14-23(30)20-16-26-18-27-17-20/h3-11,16-18H,2,12-15H2,1H3,(H,28,31). The van der Waals surface area contributed by atoms with Crippen LogP contribution >= 0.6 is 0 Å². The molecule has 0 bridgehead atoms. The number of nitrogens with zero attached hydrogens (tertiary/aromatic N) is 3. The Kier molecular flexibility index (Phi) is 6.07. The van der Waals surface area contributed by atoms with Crippen molar-refractivity contribution >= 4 is 23.1 Å². The molecule has 0 unspecified atom stereocenters. The first kappa shape index (κ1) is 20.7. The number of aromatic nitrogens is 2. The van der Waals surface area contributed by atoms with Gasteiger partial charge in [-0.15, -0.1) is 0 Å². The number of carbonyl (C=O) groups is 2. The van der Waals surface area contributed by atoms with Crippen molar-refractivity contribution in [3.8, 4) is 0 Å². The van der Waals surface area contributed by atoms with E-state index in [4.69, 9.17) is 0 Å². The van der Waals surface area contributed by atoms with Crippen LogP contribution in [0, 0.1) is 5.41 Å². The van der Waals surface area contributed by atoms with Crippen molar-refractivity contribution in [2.45, 2.75) is 32.7 Å². The molecule has 1 saturated carbocycles. The highest BCUT2D eigenvalue weighted by atomic mass is 16.2. The summed E-state index contributed by atoms with van der Waals surface area (Å²) in [5.41, 5.74) is 3.16. The zero-order valence-electron chi connectivity index (χ0n) is 17.6. The van der Waals surface area contributed by atoms with Crippen LogP contribution in [0.3, 0.4) is 0 Å². The summed E-state index contributed by atoms with van der Waals surface area (Å²) in [5.74, 6) is -0.139. The molecule has 1 heterocycles. The Morgan fingerprint density at radius 2 is 1.61 bits per heavy atom. The number of rotatable bonds is 9. The van der Waals surface area contributed by atoms with Gasteiger partial charge in [0.1, 0.15) is 6.33 Å². The van der Waals surface area contributed by atoms with E-state index in [2.05, 4.69) is 51.4 Å². The summed E-state index contributed by atoms with van der Waals surface area (Å²) in [6.45, 7) is 3.43. The summed E-state index contributed by atoms with van der Waals surface area (Å²) in [6.07, 6.45) is 6.06. The van der Waals surface area contributed by atoms with Crippen molar-refractivity contribution in [2.75, 3.05) is 11.4 Å². The molecule has 1 aliphatic rings. The monoisotopic (exact) mass is 414 g/mol. The van der Waals surface area contributed by atoms with Gasteiger partial charge in [-0.2, -0.15) is 0 Å². The van der Waals surface area contributed by atoms with Crippen LogP contribution in [-0.4, -0.2) is 28.2 Å². The Labute approximate surface area is 182 Å². The van der Waals surface area contributed by atoms with Crippen LogP contribution in [0.15, 0.2) is 73.3 Å². The van der Waals surface area contributed by atoms with Gasteiger partial charge in [0.2, 0.25) is 5.91 Å². The predicted molar refractivity (Wildman–Crippen MR) is 120 cm³/mol. The molecule has 0 saturated heterocycles. The van der Waals surface area contributed by atoms with Crippen molar-refractivity contribution in [1.29, 1.82) is 0 Å². The SMILES string of the molecule is CCN(c1ccccc1)c1ccc(CNC(=O)C2(CC(=O)c3cncnc3)CC2)cc1. The van der Waals surface area contributed by atoms with E-state index in [0.717, 1.165) is 36.3 Å².